The van der Waals surface area contributed by atoms with Gasteiger partial charge in [-0.3, -0.25) is 4.79 Å². The number of amides is 1. The molecule has 1 rings (SSSR count). The second-order valence-electron chi connectivity index (χ2n) is 4.81. The second-order valence-corrected chi connectivity index (χ2v) is 4.81. The van der Waals surface area contributed by atoms with Gasteiger partial charge in [0.25, 0.3) is 0 Å². The van der Waals surface area contributed by atoms with Gasteiger partial charge < -0.3 is 15.8 Å². The zero-order valence-electron chi connectivity index (χ0n) is 10.4. The maximum atomic E-state index is 11.9. The number of carbonyl (C=O) groups is 1. The van der Waals surface area contributed by atoms with Gasteiger partial charge in [-0.2, -0.15) is 0 Å². The average molecular weight is 228 g/mol. The summed E-state index contributed by atoms with van der Waals surface area (Å²) >= 11 is 0. The molecular formula is C12H24N2O2. The van der Waals surface area contributed by atoms with Crippen LogP contribution in [0.5, 0.6) is 0 Å². The first-order valence-electron chi connectivity index (χ1n) is 6.23. The van der Waals surface area contributed by atoms with E-state index in [4.69, 9.17) is 10.5 Å². The van der Waals surface area contributed by atoms with Crippen molar-refractivity contribution in [1.29, 1.82) is 0 Å². The van der Waals surface area contributed by atoms with Crippen LogP contribution in [0.1, 0.15) is 39.5 Å². The molecule has 4 nitrogen and oxygen atoms in total. The van der Waals surface area contributed by atoms with Gasteiger partial charge >= 0.3 is 0 Å². The molecule has 16 heavy (non-hydrogen) atoms. The second kappa shape index (κ2) is 6.21. The van der Waals surface area contributed by atoms with Crippen molar-refractivity contribution in [2.24, 2.45) is 11.7 Å². The van der Waals surface area contributed by atoms with Crippen LogP contribution in [0, 0.1) is 5.92 Å². The molecule has 4 heteroatoms. The van der Waals surface area contributed by atoms with Crippen LogP contribution in [0.3, 0.4) is 0 Å². The van der Waals surface area contributed by atoms with Gasteiger partial charge in [-0.1, -0.05) is 19.8 Å². The molecule has 1 aliphatic rings. The number of hydrogen-bond donors (Lipinski definition) is 2. The van der Waals surface area contributed by atoms with Crippen LogP contribution in [0.2, 0.25) is 0 Å². The fraction of sp³-hybridized carbons (Fsp3) is 0.917. The fourth-order valence-electron chi connectivity index (χ4n) is 2.36. The highest BCUT2D eigenvalue weighted by molar-refractivity contribution is 5.86. The molecule has 2 atom stereocenters. The molecule has 0 aliphatic heterocycles. The van der Waals surface area contributed by atoms with Gasteiger partial charge in [-0.15, -0.1) is 0 Å². The third kappa shape index (κ3) is 3.76. The molecule has 0 saturated heterocycles. The normalized spacial score (nSPS) is 30.1. The fourth-order valence-corrected chi connectivity index (χ4v) is 2.36. The number of carbonyl (C=O) groups excluding carboxylic acids is 1. The van der Waals surface area contributed by atoms with Crippen LogP contribution >= 0.6 is 0 Å². The zero-order valence-corrected chi connectivity index (χ0v) is 10.4. The summed E-state index contributed by atoms with van der Waals surface area (Å²) in [6, 6.07) is 0. The molecule has 1 amide bonds. The lowest BCUT2D eigenvalue weighted by Crippen LogP contribution is -2.56. The Bertz CT molecular complexity index is 233. The van der Waals surface area contributed by atoms with E-state index in [2.05, 4.69) is 12.2 Å². The minimum atomic E-state index is -0.649. The summed E-state index contributed by atoms with van der Waals surface area (Å²) < 4.78 is 5.17. The maximum Gasteiger partial charge on any atom is 0.240 e. The van der Waals surface area contributed by atoms with E-state index in [0.717, 1.165) is 19.3 Å². The Morgan fingerprint density at radius 2 is 2.38 bits per heavy atom. The van der Waals surface area contributed by atoms with Crippen LogP contribution in [0.25, 0.3) is 0 Å². The Morgan fingerprint density at radius 3 is 3.00 bits per heavy atom. The van der Waals surface area contributed by atoms with Gasteiger partial charge in [0.1, 0.15) is 0 Å². The average Bonchev–Trinajstić information content (AvgIpc) is 2.23. The lowest BCUT2D eigenvalue weighted by atomic mass is 9.76. The molecule has 0 aromatic carbocycles. The Morgan fingerprint density at radius 1 is 1.62 bits per heavy atom. The predicted octanol–water partition coefficient (Wildman–Crippen LogP) is 1.05. The van der Waals surface area contributed by atoms with Gasteiger partial charge in [-0.05, 0) is 25.7 Å². The summed E-state index contributed by atoms with van der Waals surface area (Å²) in [5, 5.41) is 2.86. The smallest absolute Gasteiger partial charge is 0.240 e. The summed E-state index contributed by atoms with van der Waals surface area (Å²) in [5.41, 5.74) is 5.51. The Kier molecular flexibility index (Phi) is 5.22. The molecule has 1 saturated carbocycles. The first kappa shape index (κ1) is 13.5. The molecule has 0 heterocycles. The molecule has 0 spiro atoms. The van der Waals surface area contributed by atoms with Gasteiger partial charge in [0.15, 0.2) is 0 Å². The zero-order chi connectivity index (χ0) is 12.0. The van der Waals surface area contributed by atoms with E-state index in [1.165, 1.54) is 6.42 Å². The number of rotatable bonds is 5. The van der Waals surface area contributed by atoms with Crippen LogP contribution < -0.4 is 11.1 Å². The molecule has 0 aromatic heterocycles. The molecule has 1 fully saturated rings. The number of ether oxygens (including phenoxy) is 1. The van der Waals surface area contributed by atoms with E-state index in [1.54, 1.807) is 0 Å². The van der Waals surface area contributed by atoms with E-state index in [-0.39, 0.29) is 5.91 Å². The molecule has 0 aromatic rings. The van der Waals surface area contributed by atoms with Gasteiger partial charge in [-0.25, -0.2) is 0 Å². The third-order valence-corrected chi connectivity index (χ3v) is 3.22. The summed E-state index contributed by atoms with van der Waals surface area (Å²) in [7, 11) is 0. The summed E-state index contributed by atoms with van der Waals surface area (Å²) in [6.07, 6.45) is 3.84. The Labute approximate surface area is 97.9 Å². The van der Waals surface area contributed by atoms with E-state index in [0.29, 0.717) is 25.7 Å². The van der Waals surface area contributed by atoms with Gasteiger partial charge in [0, 0.05) is 13.2 Å². The van der Waals surface area contributed by atoms with Crippen LogP contribution in [-0.4, -0.2) is 31.2 Å². The first-order chi connectivity index (χ1) is 7.58. The predicted molar refractivity (Wildman–Crippen MR) is 64.1 cm³/mol. The maximum absolute atomic E-state index is 11.9. The minimum absolute atomic E-state index is 0.0150. The largest absolute Gasteiger partial charge is 0.380 e. The van der Waals surface area contributed by atoms with E-state index in [1.807, 2.05) is 6.92 Å². The van der Waals surface area contributed by atoms with E-state index < -0.39 is 5.54 Å². The molecule has 0 bridgehead atoms. The number of nitrogens with two attached hydrogens (primary N) is 1. The summed E-state index contributed by atoms with van der Waals surface area (Å²) in [4.78, 5) is 11.9. The number of hydrogen-bond acceptors (Lipinski definition) is 3. The van der Waals surface area contributed by atoms with Gasteiger partial charge in [0.2, 0.25) is 5.91 Å². The molecule has 94 valence electrons. The quantitative estimate of drug-likeness (QED) is 0.691. The first-order valence-corrected chi connectivity index (χ1v) is 6.23. The minimum Gasteiger partial charge on any atom is -0.380 e. The van der Waals surface area contributed by atoms with Crippen molar-refractivity contribution in [2.45, 2.75) is 45.1 Å². The number of nitrogens with one attached hydrogen (secondary N) is 1. The summed E-state index contributed by atoms with van der Waals surface area (Å²) in [6.45, 7) is 5.90. The molecule has 2 unspecified atom stereocenters. The van der Waals surface area contributed by atoms with E-state index in [9.17, 15) is 4.79 Å². The highest BCUT2D eigenvalue weighted by atomic mass is 16.5. The van der Waals surface area contributed by atoms with Crippen LogP contribution in [0.4, 0.5) is 0 Å². The molecule has 0 radical (unpaired) electrons. The molecule has 1 aliphatic carbocycles. The Hall–Kier alpha value is -0.610. The van der Waals surface area contributed by atoms with Crippen molar-refractivity contribution in [3.63, 3.8) is 0 Å². The highest BCUT2D eigenvalue weighted by Crippen LogP contribution is 2.30. The van der Waals surface area contributed by atoms with Crippen molar-refractivity contribution in [2.75, 3.05) is 19.8 Å². The lowest BCUT2D eigenvalue weighted by Gasteiger charge is -2.35. The van der Waals surface area contributed by atoms with Gasteiger partial charge in [0.05, 0.1) is 12.1 Å². The molecular weight excluding hydrogens is 204 g/mol. The van der Waals surface area contributed by atoms with Crippen molar-refractivity contribution < 1.29 is 9.53 Å². The van der Waals surface area contributed by atoms with Crippen molar-refractivity contribution in [3.05, 3.63) is 0 Å². The lowest BCUT2D eigenvalue weighted by molar-refractivity contribution is -0.128. The third-order valence-electron chi connectivity index (χ3n) is 3.22. The Balaban J connectivity index is 2.33. The molecule has 3 N–H and O–H groups in total. The van der Waals surface area contributed by atoms with E-state index >= 15 is 0 Å². The SMILES string of the molecule is CCOCCNC(=O)C1(N)CCCC(C)C1. The standard InChI is InChI=1S/C12H24N2O2/c1-3-16-8-7-14-11(15)12(13)6-4-5-10(2)9-12/h10H,3-9,13H2,1-2H3,(H,14,15). The van der Waals surface area contributed by atoms with Crippen LogP contribution in [0.15, 0.2) is 0 Å². The van der Waals surface area contributed by atoms with Crippen LogP contribution in [-0.2, 0) is 9.53 Å². The summed E-state index contributed by atoms with van der Waals surface area (Å²) in [5.74, 6) is 0.537. The highest BCUT2D eigenvalue weighted by Gasteiger charge is 2.37. The monoisotopic (exact) mass is 228 g/mol. The van der Waals surface area contributed by atoms with Crippen molar-refractivity contribution in [3.8, 4) is 0 Å². The van der Waals surface area contributed by atoms with Crippen molar-refractivity contribution in [1.82, 2.24) is 5.32 Å². The van der Waals surface area contributed by atoms with Crippen molar-refractivity contribution >= 4 is 5.91 Å². The topological polar surface area (TPSA) is 64.3 Å².